The number of rotatable bonds is 3. The van der Waals surface area contributed by atoms with Crippen molar-refractivity contribution in [2.45, 2.75) is 39.3 Å². The Balaban J connectivity index is 2.70. The lowest BCUT2D eigenvalue weighted by Gasteiger charge is -2.22. The molecule has 1 amide bonds. The quantitative estimate of drug-likeness (QED) is 0.500. The Bertz CT molecular complexity index is 464. The first kappa shape index (κ1) is 15.0. The molecule has 0 unspecified atom stereocenters. The molecule has 0 saturated carbocycles. The predicted molar refractivity (Wildman–Crippen MR) is 73.6 cm³/mol. The lowest BCUT2D eigenvalue weighted by Crippen LogP contribution is -2.34. The topological polar surface area (TPSA) is 70.9 Å². The molecule has 2 N–H and O–H groups in total. The van der Waals surface area contributed by atoms with Crippen LogP contribution in [-0.4, -0.2) is 23.1 Å². The van der Waals surface area contributed by atoms with E-state index in [0.717, 1.165) is 11.1 Å². The number of carbonyl (C=O) groups excluding carboxylic acids is 1. The third-order valence-corrected chi connectivity index (χ3v) is 2.35. The van der Waals surface area contributed by atoms with Crippen LogP contribution < -0.4 is 5.32 Å². The third-order valence-electron chi connectivity index (χ3n) is 2.35. The highest BCUT2D eigenvalue weighted by atomic mass is 16.6. The SMILES string of the molecule is C[C@H](NC(=O)OC(C)(C)C)c1cccc(C=NO)c1. The van der Waals surface area contributed by atoms with Crippen molar-refractivity contribution in [3.63, 3.8) is 0 Å². The van der Waals surface area contributed by atoms with Crippen LogP contribution in [0, 0.1) is 0 Å². The molecule has 5 nitrogen and oxygen atoms in total. The zero-order valence-electron chi connectivity index (χ0n) is 11.7. The zero-order chi connectivity index (χ0) is 14.5. The standard InChI is InChI=1S/C14H20N2O3/c1-10(16-13(17)19-14(2,3)4)12-7-5-6-11(8-12)9-15-18/h5-10,18H,1-4H3,(H,16,17)/t10-/m0/s1. The van der Waals surface area contributed by atoms with Crippen LogP contribution in [0.15, 0.2) is 29.4 Å². The first-order valence-electron chi connectivity index (χ1n) is 6.09. The molecule has 104 valence electrons. The summed E-state index contributed by atoms with van der Waals surface area (Å²) in [5.41, 5.74) is 1.15. The second-order valence-corrected chi connectivity index (χ2v) is 5.28. The van der Waals surface area contributed by atoms with E-state index in [1.807, 2.05) is 52.0 Å². The molecule has 0 fully saturated rings. The smallest absolute Gasteiger partial charge is 0.408 e. The number of nitrogens with one attached hydrogen (secondary N) is 1. The van der Waals surface area contributed by atoms with Gasteiger partial charge in [-0.1, -0.05) is 23.4 Å². The van der Waals surface area contributed by atoms with Gasteiger partial charge in [0.05, 0.1) is 12.3 Å². The minimum atomic E-state index is -0.519. The van der Waals surface area contributed by atoms with E-state index in [1.54, 1.807) is 0 Å². The van der Waals surface area contributed by atoms with E-state index in [4.69, 9.17) is 9.94 Å². The Hall–Kier alpha value is -2.04. The molecule has 1 rings (SSSR count). The van der Waals surface area contributed by atoms with Gasteiger partial charge in [-0.25, -0.2) is 4.79 Å². The van der Waals surface area contributed by atoms with Gasteiger partial charge >= 0.3 is 6.09 Å². The summed E-state index contributed by atoms with van der Waals surface area (Å²) >= 11 is 0. The van der Waals surface area contributed by atoms with Crippen LogP contribution in [0.2, 0.25) is 0 Å². The minimum Gasteiger partial charge on any atom is -0.444 e. The molecule has 5 heteroatoms. The first-order chi connectivity index (χ1) is 8.81. The van der Waals surface area contributed by atoms with Crippen LogP contribution in [0.3, 0.4) is 0 Å². The van der Waals surface area contributed by atoms with Crippen molar-refractivity contribution in [3.05, 3.63) is 35.4 Å². The van der Waals surface area contributed by atoms with Gasteiger partial charge in [-0.15, -0.1) is 0 Å². The van der Waals surface area contributed by atoms with E-state index >= 15 is 0 Å². The van der Waals surface area contributed by atoms with E-state index in [-0.39, 0.29) is 6.04 Å². The average molecular weight is 264 g/mol. The number of hydrogen-bond acceptors (Lipinski definition) is 4. The van der Waals surface area contributed by atoms with Crippen molar-refractivity contribution in [2.24, 2.45) is 5.16 Å². The zero-order valence-corrected chi connectivity index (χ0v) is 11.7. The van der Waals surface area contributed by atoms with Gasteiger partial charge in [-0.2, -0.15) is 0 Å². The molecule has 0 aliphatic rings. The molecule has 0 saturated heterocycles. The molecule has 1 aromatic carbocycles. The third kappa shape index (κ3) is 5.42. The normalized spacial score (nSPS) is 13.3. The van der Waals surface area contributed by atoms with Gasteiger partial charge in [0.1, 0.15) is 5.60 Å². The van der Waals surface area contributed by atoms with E-state index in [2.05, 4.69) is 10.5 Å². The number of ether oxygens (including phenoxy) is 1. The number of alkyl carbamates (subject to hydrolysis) is 1. The molecule has 0 bridgehead atoms. The summed E-state index contributed by atoms with van der Waals surface area (Å²) in [5.74, 6) is 0. The van der Waals surface area contributed by atoms with Crippen LogP contribution in [0.1, 0.15) is 44.9 Å². The second kappa shape index (κ2) is 6.22. The molecule has 0 aliphatic heterocycles. The van der Waals surface area contributed by atoms with Crippen molar-refractivity contribution < 1.29 is 14.7 Å². The number of amides is 1. The van der Waals surface area contributed by atoms with Crippen molar-refractivity contribution in [3.8, 4) is 0 Å². The van der Waals surface area contributed by atoms with Gasteiger partial charge in [0.25, 0.3) is 0 Å². The van der Waals surface area contributed by atoms with Gasteiger partial charge in [0.15, 0.2) is 0 Å². The summed E-state index contributed by atoms with van der Waals surface area (Å²) in [6, 6.07) is 7.17. The maximum absolute atomic E-state index is 11.7. The molecular formula is C14H20N2O3. The number of hydrogen-bond donors (Lipinski definition) is 2. The molecule has 0 spiro atoms. The van der Waals surface area contributed by atoms with E-state index in [0.29, 0.717) is 0 Å². The van der Waals surface area contributed by atoms with Gasteiger partial charge < -0.3 is 15.3 Å². The number of nitrogens with zero attached hydrogens (tertiary/aromatic N) is 1. The number of benzene rings is 1. The van der Waals surface area contributed by atoms with Crippen LogP contribution in [0.5, 0.6) is 0 Å². The number of carbonyl (C=O) groups is 1. The summed E-state index contributed by atoms with van der Waals surface area (Å²) in [7, 11) is 0. The molecule has 0 radical (unpaired) electrons. The van der Waals surface area contributed by atoms with Crippen molar-refractivity contribution in [1.29, 1.82) is 0 Å². The van der Waals surface area contributed by atoms with Crippen LogP contribution in [0.4, 0.5) is 4.79 Å². The molecule has 1 aromatic rings. The predicted octanol–water partition coefficient (Wildman–Crippen LogP) is 3.08. The summed E-state index contributed by atoms with van der Waals surface area (Å²) in [4.78, 5) is 11.7. The van der Waals surface area contributed by atoms with Crippen molar-refractivity contribution in [2.75, 3.05) is 0 Å². The fourth-order valence-electron chi connectivity index (χ4n) is 1.54. The highest BCUT2D eigenvalue weighted by molar-refractivity contribution is 5.79. The van der Waals surface area contributed by atoms with E-state index in [9.17, 15) is 4.79 Å². The lowest BCUT2D eigenvalue weighted by atomic mass is 10.1. The molecular weight excluding hydrogens is 244 g/mol. The first-order valence-corrected chi connectivity index (χ1v) is 6.09. The van der Waals surface area contributed by atoms with Gasteiger partial charge in [0, 0.05) is 0 Å². The summed E-state index contributed by atoms with van der Waals surface area (Å²) < 4.78 is 5.19. The summed E-state index contributed by atoms with van der Waals surface area (Å²) in [5, 5.41) is 14.2. The van der Waals surface area contributed by atoms with Gasteiger partial charge in [0.2, 0.25) is 0 Å². The molecule has 0 aliphatic carbocycles. The second-order valence-electron chi connectivity index (χ2n) is 5.28. The highest BCUT2D eigenvalue weighted by Gasteiger charge is 2.18. The van der Waals surface area contributed by atoms with Gasteiger partial charge in [-0.3, -0.25) is 0 Å². The summed E-state index contributed by atoms with van der Waals surface area (Å²) in [6.45, 7) is 7.31. The molecule has 0 aromatic heterocycles. The maximum atomic E-state index is 11.7. The fraction of sp³-hybridized carbons (Fsp3) is 0.429. The van der Waals surface area contributed by atoms with Gasteiger partial charge in [-0.05, 0) is 44.9 Å². The Morgan fingerprint density at radius 3 is 2.74 bits per heavy atom. The largest absolute Gasteiger partial charge is 0.444 e. The fourth-order valence-corrected chi connectivity index (χ4v) is 1.54. The average Bonchev–Trinajstić information content (AvgIpc) is 2.27. The Morgan fingerprint density at radius 1 is 1.47 bits per heavy atom. The van der Waals surface area contributed by atoms with E-state index < -0.39 is 11.7 Å². The summed E-state index contributed by atoms with van der Waals surface area (Å²) in [6.07, 6.45) is 0.880. The molecule has 1 atom stereocenters. The number of oxime groups is 1. The Kier molecular flexibility index (Phi) is 4.92. The molecule has 0 heterocycles. The maximum Gasteiger partial charge on any atom is 0.408 e. The van der Waals surface area contributed by atoms with Crippen LogP contribution in [-0.2, 0) is 4.74 Å². The Morgan fingerprint density at radius 2 is 2.16 bits per heavy atom. The lowest BCUT2D eigenvalue weighted by molar-refractivity contribution is 0.0508. The van der Waals surface area contributed by atoms with Crippen LogP contribution in [0.25, 0.3) is 0 Å². The Labute approximate surface area is 113 Å². The highest BCUT2D eigenvalue weighted by Crippen LogP contribution is 2.15. The van der Waals surface area contributed by atoms with Crippen molar-refractivity contribution in [1.82, 2.24) is 5.32 Å². The van der Waals surface area contributed by atoms with Crippen molar-refractivity contribution >= 4 is 12.3 Å². The molecule has 19 heavy (non-hydrogen) atoms. The van der Waals surface area contributed by atoms with Crippen LogP contribution >= 0.6 is 0 Å². The minimum absolute atomic E-state index is 0.193. The monoisotopic (exact) mass is 264 g/mol. The van der Waals surface area contributed by atoms with E-state index in [1.165, 1.54) is 6.21 Å².